The van der Waals surface area contributed by atoms with E-state index < -0.39 is 11.1 Å². The fraction of sp³-hybridized carbons (Fsp3) is 0. The molecule has 86 valence electrons. The summed E-state index contributed by atoms with van der Waals surface area (Å²) in [7, 11) is 0. The lowest BCUT2D eigenvalue weighted by atomic mass is 10.0. The third-order valence-corrected chi connectivity index (χ3v) is 2.55. The fourth-order valence-corrected chi connectivity index (χ4v) is 1.72. The number of rotatable bonds is 2. The molecule has 17 heavy (non-hydrogen) atoms. The minimum Gasteiger partial charge on any atom is -0.276 e. The van der Waals surface area contributed by atoms with Crippen molar-refractivity contribution in [3.05, 3.63) is 59.7 Å². The van der Waals surface area contributed by atoms with Crippen LogP contribution in [0.25, 0.3) is 11.1 Å². The van der Waals surface area contributed by atoms with Gasteiger partial charge in [0.15, 0.2) is 0 Å². The monoisotopic (exact) mass is 252 g/mol. The van der Waals surface area contributed by atoms with Crippen LogP contribution in [0.2, 0.25) is 0 Å². The van der Waals surface area contributed by atoms with Crippen LogP contribution in [0.3, 0.4) is 0 Å². The van der Waals surface area contributed by atoms with E-state index in [0.29, 0.717) is 11.1 Å². The van der Waals surface area contributed by atoms with Gasteiger partial charge in [0.05, 0.1) is 0 Å². The second-order valence-corrected chi connectivity index (χ2v) is 3.81. The number of hydrogen-bond acceptors (Lipinski definition) is 1. The largest absolute Gasteiger partial charge is 0.276 e. The molecule has 0 fully saturated rings. The summed E-state index contributed by atoms with van der Waals surface area (Å²) < 4.78 is 25.8. The summed E-state index contributed by atoms with van der Waals surface area (Å²) in [5.41, 5.74) is 1.15. The van der Waals surface area contributed by atoms with E-state index in [1.165, 1.54) is 36.4 Å². The molecule has 2 aromatic carbocycles. The molecular formula is C13H7ClF2O. The third-order valence-electron chi connectivity index (χ3n) is 2.35. The van der Waals surface area contributed by atoms with Crippen molar-refractivity contribution in [2.75, 3.05) is 0 Å². The van der Waals surface area contributed by atoms with E-state index in [0.717, 1.165) is 6.07 Å². The van der Waals surface area contributed by atoms with Crippen LogP contribution >= 0.6 is 11.6 Å². The minimum atomic E-state index is -0.746. The van der Waals surface area contributed by atoms with Crippen LogP contribution in [0.1, 0.15) is 10.4 Å². The zero-order chi connectivity index (χ0) is 12.4. The van der Waals surface area contributed by atoms with Gasteiger partial charge in [-0.2, -0.15) is 0 Å². The first-order valence-electron chi connectivity index (χ1n) is 4.83. The van der Waals surface area contributed by atoms with Crippen LogP contribution in [-0.2, 0) is 0 Å². The molecule has 0 saturated carbocycles. The van der Waals surface area contributed by atoms with Crippen LogP contribution in [-0.4, -0.2) is 5.24 Å². The van der Waals surface area contributed by atoms with Gasteiger partial charge in [-0.05, 0) is 47.0 Å². The van der Waals surface area contributed by atoms with E-state index >= 15 is 0 Å². The lowest BCUT2D eigenvalue weighted by Crippen LogP contribution is -1.95. The second-order valence-electron chi connectivity index (χ2n) is 3.47. The van der Waals surface area contributed by atoms with Gasteiger partial charge in [0.1, 0.15) is 11.6 Å². The highest BCUT2D eigenvalue weighted by atomic mass is 35.5. The topological polar surface area (TPSA) is 17.1 Å². The van der Waals surface area contributed by atoms with Crippen molar-refractivity contribution >= 4 is 16.8 Å². The van der Waals surface area contributed by atoms with E-state index in [-0.39, 0.29) is 11.4 Å². The first-order chi connectivity index (χ1) is 8.08. The molecule has 0 heterocycles. The first-order valence-corrected chi connectivity index (χ1v) is 5.21. The lowest BCUT2D eigenvalue weighted by molar-refractivity contribution is 0.108. The predicted octanol–water partition coefficient (Wildman–Crippen LogP) is 4.01. The Labute approximate surface area is 102 Å². The molecule has 0 aliphatic carbocycles. The normalized spacial score (nSPS) is 10.3. The Bertz CT molecular complexity index is 564. The van der Waals surface area contributed by atoms with Gasteiger partial charge < -0.3 is 0 Å². The van der Waals surface area contributed by atoms with Crippen molar-refractivity contribution < 1.29 is 13.6 Å². The molecular weight excluding hydrogens is 246 g/mol. The number of carbonyl (C=O) groups excluding carboxylic acids is 1. The molecule has 0 N–H and O–H groups in total. The maximum atomic E-state index is 13.0. The van der Waals surface area contributed by atoms with Crippen LogP contribution in [0.5, 0.6) is 0 Å². The Morgan fingerprint density at radius 3 is 2.12 bits per heavy atom. The zero-order valence-electron chi connectivity index (χ0n) is 8.58. The van der Waals surface area contributed by atoms with Crippen molar-refractivity contribution in [2.45, 2.75) is 0 Å². The number of halogens is 3. The molecule has 2 aromatic rings. The molecule has 0 aromatic heterocycles. The van der Waals surface area contributed by atoms with Crippen molar-refractivity contribution in [1.29, 1.82) is 0 Å². The molecule has 0 bridgehead atoms. The van der Waals surface area contributed by atoms with Crippen LogP contribution in [0.15, 0.2) is 42.5 Å². The maximum Gasteiger partial charge on any atom is 0.253 e. The number of carbonyl (C=O) groups is 1. The molecule has 0 radical (unpaired) electrons. The predicted molar refractivity (Wildman–Crippen MR) is 62.0 cm³/mol. The molecule has 0 saturated heterocycles. The Kier molecular flexibility index (Phi) is 3.20. The van der Waals surface area contributed by atoms with E-state index in [1.807, 2.05) is 0 Å². The molecule has 0 spiro atoms. The van der Waals surface area contributed by atoms with Crippen molar-refractivity contribution in [1.82, 2.24) is 0 Å². The van der Waals surface area contributed by atoms with Gasteiger partial charge in [-0.3, -0.25) is 4.79 Å². The molecule has 0 unspecified atom stereocenters. The quantitative estimate of drug-likeness (QED) is 0.738. The van der Waals surface area contributed by atoms with Gasteiger partial charge >= 0.3 is 0 Å². The summed E-state index contributed by atoms with van der Waals surface area (Å²) in [5, 5.41) is -0.746. The fourth-order valence-electron chi connectivity index (χ4n) is 1.56. The van der Waals surface area contributed by atoms with Crippen molar-refractivity contribution in [3.63, 3.8) is 0 Å². The molecule has 0 atom stereocenters. The van der Waals surface area contributed by atoms with Gasteiger partial charge in [-0.25, -0.2) is 8.78 Å². The summed E-state index contributed by atoms with van der Waals surface area (Å²) >= 11 is 5.38. The lowest BCUT2D eigenvalue weighted by Gasteiger charge is -2.06. The van der Waals surface area contributed by atoms with E-state index in [9.17, 15) is 13.6 Å². The summed E-state index contributed by atoms with van der Waals surface area (Å²) in [6.07, 6.45) is 0. The highest BCUT2D eigenvalue weighted by Gasteiger charge is 2.11. The van der Waals surface area contributed by atoms with Crippen molar-refractivity contribution in [3.8, 4) is 11.1 Å². The van der Waals surface area contributed by atoms with E-state index in [1.54, 1.807) is 0 Å². The Morgan fingerprint density at radius 1 is 0.941 bits per heavy atom. The Hall–Kier alpha value is -1.74. The van der Waals surface area contributed by atoms with Gasteiger partial charge in [-0.1, -0.05) is 18.2 Å². The van der Waals surface area contributed by atoms with Crippen LogP contribution < -0.4 is 0 Å². The highest BCUT2D eigenvalue weighted by Crippen LogP contribution is 2.26. The average Bonchev–Trinajstić information content (AvgIpc) is 2.30. The average molecular weight is 253 g/mol. The summed E-state index contributed by atoms with van der Waals surface area (Å²) in [5.74, 6) is -0.922. The Balaban J connectivity index is 2.58. The first kappa shape index (κ1) is 11.7. The SMILES string of the molecule is O=C(Cl)c1cc(F)ccc1-c1ccc(F)cc1. The standard InChI is InChI=1S/C13H7ClF2O/c14-13(17)12-7-10(16)5-6-11(12)8-1-3-9(15)4-2-8/h1-7H. The molecule has 4 heteroatoms. The van der Waals surface area contributed by atoms with Crippen LogP contribution in [0.4, 0.5) is 8.78 Å². The second kappa shape index (κ2) is 4.63. The van der Waals surface area contributed by atoms with Crippen LogP contribution in [0, 0.1) is 11.6 Å². The van der Waals surface area contributed by atoms with Gasteiger partial charge in [0.2, 0.25) is 0 Å². The number of benzene rings is 2. The molecule has 0 aliphatic rings. The zero-order valence-corrected chi connectivity index (χ0v) is 9.34. The van der Waals surface area contributed by atoms with Gasteiger partial charge in [-0.15, -0.1) is 0 Å². The van der Waals surface area contributed by atoms with E-state index in [4.69, 9.17) is 11.6 Å². The summed E-state index contributed by atoms with van der Waals surface area (Å²) in [6.45, 7) is 0. The van der Waals surface area contributed by atoms with Gasteiger partial charge in [0.25, 0.3) is 5.24 Å². The van der Waals surface area contributed by atoms with E-state index in [2.05, 4.69) is 0 Å². The molecule has 0 aliphatic heterocycles. The van der Waals surface area contributed by atoms with Crippen molar-refractivity contribution in [2.24, 2.45) is 0 Å². The third kappa shape index (κ3) is 2.50. The molecule has 1 nitrogen and oxygen atoms in total. The highest BCUT2D eigenvalue weighted by molar-refractivity contribution is 6.68. The van der Waals surface area contributed by atoms with Gasteiger partial charge in [0, 0.05) is 5.56 Å². The molecule has 0 amide bonds. The smallest absolute Gasteiger partial charge is 0.253 e. The summed E-state index contributed by atoms with van der Waals surface area (Å²) in [4.78, 5) is 11.2. The maximum absolute atomic E-state index is 13.0. The number of hydrogen-bond donors (Lipinski definition) is 0. The minimum absolute atomic E-state index is 0.0678. The molecule has 2 rings (SSSR count). The summed E-state index contributed by atoms with van der Waals surface area (Å²) in [6, 6.07) is 9.27. The Morgan fingerprint density at radius 2 is 1.53 bits per heavy atom.